The van der Waals surface area contributed by atoms with Crippen molar-refractivity contribution in [2.45, 2.75) is 35.3 Å². The summed E-state index contributed by atoms with van der Waals surface area (Å²) in [7, 11) is -0.251. The molecule has 308 valence electrons. The first-order chi connectivity index (χ1) is 28.0. The lowest BCUT2D eigenvalue weighted by Crippen LogP contribution is -2.41. The maximum atomic E-state index is 14.1. The average Bonchev–Trinajstić information content (AvgIpc) is 4.01. The third kappa shape index (κ3) is 7.77. The predicted molar refractivity (Wildman–Crippen MR) is 192 cm³/mol. The van der Waals surface area contributed by atoms with Crippen LogP contribution in [-0.4, -0.2) is 110 Å². The average molecular weight is 828 g/mol. The normalized spacial score (nSPS) is 14.8. The zero-order valence-corrected chi connectivity index (χ0v) is 32.2. The number of aromatic nitrogens is 2. The third-order valence-electron chi connectivity index (χ3n) is 9.34. The number of ether oxygens (including phenoxy) is 10. The fourth-order valence-corrected chi connectivity index (χ4v) is 7.89. The molecule has 0 atom stereocenters. The van der Waals surface area contributed by atoms with Gasteiger partial charge in [0.15, 0.2) is 23.0 Å². The number of nitrogens with zero attached hydrogens (tertiary/aromatic N) is 3. The highest BCUT2D eigenvalue weighted by atomic mass is 32.2. The molecule has 0 bridgehead atoms. The van der Waals surface area contributed by atoms with Crippen molar-refractivity contribution < 1.29 is 79.7 Å². The Bertz CT molecular complexity index is 2310. The Hall–Kier alpha value is -6.48. The van der Waals surface area contributed by atoms with E-state index in [1.807, 2.05) is 4.90 Å². The summed E-state index contributed by atoms with van der Waals surface area (Å²) < 4.78 is 86.1. The molecule has 7 rings (SSSR count). The molecule has 1 saturated heterocycles. The van der Waals surface area contributed by atoms with Crippen LogP contribution in [0.2, 0.25) is 0 Å². The van der Waals surface area contributed by atoms with Gasteiger partial charge in [-0.3, -0.25) is 14.3 Å². The van der Waals surface area contributed by atoms with Crippen LogP contribution in [0.5, 0.6) is 40.4 Å². The number of methoxy groups -OCH3 is 3. The van der Waals surface area contributed by atoms with Crippen molar-refractivity contribution >= 4 is 27.7 Å². The minimum absolute atomic E-state index is 0.00331. The van der Waals surface area contributed by atoms with Crippen molar-refractivity contribution in [1.82, 2.24) is 10.1 Å². The van der Waals surface area contributed by atoms with Crippen LogP contribution in [0.15, 0.2) is 57.0 Å². The minimum atomic E-state index is -4.27. The first-order valence-corrected chi connectivity index (χ1v) is 19.2. The molecule has 3 aliphatic heterocycles. The summed E-state index contributed by atoms with van der Waals surface area (Å²) in [6.07, 6.45) is 0.393. The van der Waals surface area contributed by atoms with E-state index < -0.39 is 44.8 Å². The van der Waals surface area contributed by atoms with Crippen LogP contribution in [0.1, 0.15) is 40.0 Å². The quantitative estimate of drug-likeness (QED) is 0.0725. The number of piperidine rings is 1. The molecular formula is C37H37N3O17S. The van der Waals surface area contributed by atoms with Crippen LogP contribution in [0.3, 0.4) is 0 Å². The van der Waals surface area contributed by atoms with E-state index in [0.717, 1.165) is 0 Å². The van der Waals surface area contributed by atoms with E-state index in [-0.39, 0.29) is 106 Å². The van der Waals surface area contributed by atoms with Gasteiger partial charge in [-0.2, -0.15) is 0 Å². The largest absolute Gasteiger partial charge is 0.493 e. The number of rotatable bonds is 15. The smallest absolute Gasteiger partial charge is 0.414 e. The molecule has 1 aromatic heterocycles. The van der Waals surface area contributed by atoms with Crippen molar-refractivity contribution in [3.63, 3.8) is 0 Å². The summed E-state index contributed by atoms with van der Waals surface area (Å²) in [5.41, 5.74) is 0.282. The highest BCUT2D eigenvalue weighted by Gasteiger charge is 2.39. The molecule has 1 fully saturated rings. The molecule has 0 spiro atoms. The third-order valence-corrected chi connectivity index (χ3v) is 11.1. The number of benzene rings is 3. The van der Waals surface area contributed by atoms with Crippen molar-refractivity contribution in [2.75, 3.05) is 67.8 Å². The van der Waals surface area contributed by atoms with Crippen molar-refractivity contribution in [3.8, 4) is 51.5 Å². The Kier molecular flexibility index (Phi) is 11.6. The Labute approximate surface area is 330 Å². The molecule has 58 heavy (non-hydrogen) atoms. The Balaban J connectivity index is 0.961. The fourth-order valence-electron chi connectivity index (χ4n) is 6.59. The van der Waals surface area contributed by atoms with Crippen molar-refractivity contribution in [3.05, 3.63) is 58.8 Å². The van der Waals surface area contributed by atoms with Crippen molar-refractivity contribution in [2.24, 2.45) is 0 Å². The van der Waals surface area contributed by atoms with Gasteiger partial charge >= 0.3 is 28.8 Å². The highest BCUT2D eigenvalue weighted by molar-refractivity contribution is 7.91. The molecule has 0 amide bonds. The van der Waals surface area contributed by atoms with Gasteiger partial charge in [0.2, 0.25) is 25.1 Å². The lowest BCUT2D eigenvalue weighted by Gasteiger charge is -2.31. The first-order valence-electron chi connectivity index (χ1n) is 17.8. The lowest BCUT2D eigenvalue weighted by atomic mass is 9.91. The van der Waals surface area contributed by atoms with Crippen molar-refractivity contribution in [1.29, 1.82) is 0 Å². The molecule has 4 aromatic rings. The van der Waals surface area contributed by atoms with Gasteiger partial charge in [0.1, 0.15) is 6.10 Å². The van der Waals surface area contributed by atoms with Crippen LogP contribution in [0.25, 0.3) is 11.1 Å². The van der Waals surface area contributed by atoms with E-state index >= 15 is 0 Å². The number of likely N-dealkylation sites (tertiary alicyclic amines) is 1. The van der Waals surface area contributed by atoms with E-state index in [0.29, 0.717) is 25.9 Å². The zero-order valence-electron chi connectivity index (χ0n) is 31.4. The molecule has 3 aliphatic rings. The fraction of sp³-hybridized carbons (Fsp3) is 0.378. The van der Waals surface area contributed by atoms with Gasteiger partial charge in [0, 0.05) is 30.6 Å². The molecule has 21 heteroatoms. The number of esters is 3. The second-order valence-corrected chi connectivity index (χ2v) is 14.6. The number of carbonyl (C=O) groups excluding carboxylic acids is 3. The van der Waals surface area contributed by atoms with E-state index in [1.54, 1.807) is 6.07 Å². The number of hydrogen-bond acceptors (Lipinski definition) is 19. The monoisotopic (exact) mass is 827 g/mol. The summed E-state index contributed by atoms with van der Waals surface area (Å²) in [5, 5.41) is 14.7. The summed E-state index contributed by atoms with van der Waals surface area (Å²) in [6.45, 7) is 0.201. The summed E-state index contributed by atoms with van der Waals surface area (Å²) in [4.78, 5) is 41.3. The molecule has 0 aliphatic carbocycles. The molecule has 0 radical (unpaired) electrons. The number of fused-ring (bicyclic) bond motifs is 2. The first kappa shape index (κ1) is 39.7. The van der Waals surface area contributed by atoms with Crippen LogP contribution >= 0.6 is 0 Å². The summed E-state index contributed by atoms with van der Waals surface area (Å²) >= 11 is 0. The predicted octanol–water partition coefficient (Wildman–Crippen LogP) is 2.70. The van der Waals surface area contributed by atoms with Crippen LogP contribution in [0.4, 0.5) is 0 Å². The van der Waals surface area contributed by atoms with E-state index in [2.05, 4.69) is 9.79 Å². The molecule has 20 nitrogen and oxygen atoms in total. The SMILES string of the molecule is COC(=O)c1cc(OC)c2c(c1-c1c(C(=O)OC3CCN(CC(=O)OCCCOc4no[n+]([O-])c4S(=O)(=O)c4ccccc4)CC3)cc(OC)c3c1OCO3)OCO2. The van der Waals surface area contributed by atoms with Gasteiger partial charge in [0.25, 0.3) is 9.84 Å². The molecule has 3 aromatic carbocycles. The molecule has 0 unspecified atom stereocenters. The van der Waals surface area contributed by atoms with E-state index in [9.17, 15) is 28.0 Å². The van der Waals surface area contributed by atoms with Gasteiger partial charge in [-0.25, -0.2) is 18.0 Å². The standard InChI is InChI=1S/C37H37N3O17S/c1-47-25-16-23(36(42)49-3)28(32-30(25)52-19-54-32)29-24(17-26(48-2)31-33(29)55-20-53-31)37(43)56-21-10-12-39(13-11-21)18-27(41)50-14-7-15-51-34-35(40(44)57-38-34)58(45,46)22-8-5-4-6-9-22/h4-6,8-9,16-17,21H,7,10-15,18-20H2,1-3H3. The number of hydrogen-bond donors (Lipinski definition) is 0. The van der Waals surface area contributed by atoms with Crippen LogP contribution in [-0.2, 0) is 28.8 Å². The minimum Gasteiger partial charge on any atom is -0.493 e. The van der Waals surface area contributed by atoms with E-state index in [1.165, 1.54) is 57.7 Å². The lowest BCUT2D eigenvalue weighted by molar-refractivity contribution is -0.832. The van der Waals surface area contributed by atoms with Gasteiger partial charge in [-0.1, -0.05) is 18.2 Å². The zero-order chi connectivity index (χ0) is 41.0. The van der Waals surface area contributed by atoms with Gasteiger partial charge in [-0.15, -0.1) is 0 Å². The Morgan fingerprint density at radius 3 is 2.02 bits per heavy atom. The second-order valence-electron chi connectivity index (χ2n) is 12.8. The Morgan fingerprint density at radius 2 is 1.43 bits per heavy atom. The molecule has 4 heterocycles. The summed E-state index contributed by atoms with van der Waals surface area (Å²) in [6, 6.07) is 10.1. The number of carbonyl (C=O) groups is 3. The van der Waals surface area contributed by atoms with Gasteiger partial charge < -0.3 is 52.6 Å². The molecule has 0 saturated carbocycles. The second kappa shape index (κ2) is 16.9. The molecular weight excluding hydrogens is 790 g/mol. The highest BCUT2D eigenvalue weighted by Crippen LogP contribution is 2.57. The Morgan fingerprint density at radius 1 is 0.845 bits per heavy atom. The van der Waals surface area contributed by atoms with Crippen LogP contribution in [0, 0.1) is 5.21 Å². The van der Waals surface area contributed by atoms with Gasteiger partial charge in [0.05, 0.1) is 62.3 Å². The molecule has 0 N–H and O–H groups in total. The summed E-state index contributed by atoms with van der Waals surface area (Å²) in [5.74, 6) is -1.45. The van der Waals surface area contributed by atoms with Crippen LogP contribution < -0.4 is 38.1 Å². The van der Waals surface area contributed by atoms with E-state index in [4.69, 9.17) is 47.4 Å². The maximum Gasteiger partial charge on any atom is 0.414 e. The number of sulfone groups is 1. The topological polar surface area (TPSA) is 234 Å². The maximum absolute atomic E-state index is 14.1. The van der Waals surface area contributed by atoms with Gasteiger partial charge in [-0.05, 0) is 42.0 Å².